The zero-order valence-electron chi connectivity index (χ0n) is 17.3. The van der Waals surface area contributed by atoms with Crippen molar-refractivity contribution in [2.45, 2.75) is 17.7 Å². The number of carbonyl (C=O) groups is 2. The number of sulfonamides is 1. The summed E-state index contributed by atoms with van der Waals surface area (Å²) in [7, 11) is -3.67. The van der Waals surface area contributed by atoms with Crippen LogP contribution in [0.15, 0.2) is 47.4 Å². The molecule has 2 fully saturated rings. The molecule has 2 aromatic rings. The van der Waals surface area contributed by atoms with E-state index in [-0.39, 0.29) is 32.9 Å². The molecule has 4 rings (SSSR count). The van der Waals surface area contributed by atoms with Gasteiger partial charge in [-0.05, 0) is 55.2 Å². The van der Waals surface area contributed by atoms with Gasteiger partial charge in [0.25, 0.3) is 11.8 Å². The molecule has 32 heavy (non-hydrogen) atoms. The van der Waals surface area contributed by atoms with Crippen molar-refractivity contribution in [1.82, 2.24) is 14.5 Å². The zero-order valence-corrected chi connectivity index (χ0v) is 18.8. The molecule has 7 nitrogen and oxygen atoms in total. The van der Waals surface area contributed by atoms with Crippen molar-refractivity contribution in [3.05, 3.63) is 64.4 Å². The van der Waals surface area contributed by atoms with Gasteiger partial charge in [0.2, 0.25) is 10.0 Å². The molecular formula is C22H23ClFN3O4S. The molecule has 1 aliphatic heterocycles. The van der Waals surface area contributed by atoms with Crippen LogP contribution in [0.4, 0.5) is 4.39 Å². The minimum absolute atomic E-state index is 0.0434. The SMILES string of the molecule is O=C(c1cccc(S(=O)(=O)NCC2CC2)c1)N1CCN(C(=O)c2ccc(F)cc2Cl)CC1. The smallest absolute Gasteiger partial charge is 0.255 e. The number of nitrogens with zero attached hydrogens (tertiary/aromatic N) is 2. The summed E-state index contributed by atoms with van der Waals surface area (Å²) in [4.78, 5) is 28.8. The number of piperazine rings is 1. The van der Waals surface area contributed by atoms with Gasteiger partial charge in [0, 0.05) is 38.3 Å². The van der Waals surface area contributed by atoms with Crippen molar-refractivity contribution < 1.29 is 22.4 Å². The molecule has 0 unspecified atom stereocenters. The molecule has 1 saturated heterocycles. The fourth-order valence-electron chi connectivity index (χ4n) is 3.56. The van der Waals surface area contributed by atoms with Gasteiger partial charge < -0.3 is 9.80 Å². The maximum atomic E-state index is 13.2. The summed E-state index contributed by atoms with van der Waals surface area (Å²) in [6.45, 7) is 1.58. The van der Waals surface area contributed by atoms with E-state index in [9.17, 15) is 22.4 Å². The fraction of sp³-hybridized carbons (Fsp3) is 0.364. The van der Waals surface area contributed by atoms with Crippen LogP contribution in [0.5, 0.6) is 0 Å². The van der Waals surface area contributed by atoms with E-state index in [2.05, 4.69) is 4.72 Å². The molecule has 0 bridgehead atoms. The van der Waals surface area contributed by atoms with Crippen molar-refractivity contribution in [2.75, 3.05) is 32.7 Å². The average Bonchev–Trinajstić information content (AvgIpc) is 3.62. The van der Waals surface area contributed by atoms with Gasteiger partial charge in [-0.1, -0.05) is 17.7 Å². The molecule has 0 aromatic heterocycles. The quantitative estimate of drug-likeness (QED) is 0.690. The number of hydrogen-bond acceptors (Lipinski definition) is 4. The third kappa shape index (κ3) is 5.11. The van der Waals surface area contributed by atoms with Gasteiger partial charge in [0.05, 0.1) is 15.5 Å². The molecule has 2 aliphatic rings. The lowest BCUT2D eigenvalue weighted by Gasteiger charge is -2.35. The Morgan fingerprint density at radius 3 is 2.28 bits per heavy atom. The first-order chi connectivity index (χ1) is 15.2. The Bertz CT molecular complexity index is 1150. The third-order valence-corrected chi connectivity index (χ3v) is 7.40. The summed E-state index contributed by atoms with van der Waals surface area (Å²) >= 11 is 5.99. The van der Waals surface area contributed by atoms with E-state index in [0.717, 1.165) is 18.9 Å². The number of benzene rings is 2. The van der Waals surface area contributed by atoms with Gasteiger partial charge >= 0.3 is 0 Å². The first kappa shape index (κ1) is 22.7. The van der Waals surface area contributed by atoms with Crippen molar-refractivity contribution in [2.24, 2.45) is 5.92 Å². The Morgan fingerprint density at radius 1 is 1.00 bits per heavy atom. The normalized spacial score (nSPS) is 16.8. The molecule has 1 aliphatic carbocycles. The van der Waals surface area contributed by atoms with Crippen LogP contribution >= 0.6 is 11.6 Å². The molecule has 2 amide bonds. The summed E-state index contributed by atoms with van der Waals surface area (Å²) < 4.78 is 40.8. The third-order valence-electron chi connectivity index (χ3n) is 5.67. The zero-order chi connectivity index (χ0) is 22.9. The average molecular weight is 480 g/mol. The molecule has 0 radical (unpaired) electrons. The summed E-state index contributed by atoms with van der Waals surface area (Å²) in [5, 5.41) is 0.0434. The predicted octanol–water partition coefficient (Wildman–Crippen LogP) is 2.77. The highest BCUT2D eigenvalue weighted by atomic mass is 35.5. The maximum absolute atomic E-state index is 13.2. The largest absolute Gasteiger partial charge is 0.335 e. The van der Waals surface area contributed by atoms with Crippen LogP contribution in [0.1, 0.15) is 33.6 Å². The molecule has 0 spiro atoms. The molecule has 1 N–H and O–H groups in total. The second-order valence-corrected chi connectivity index (χ2v) is 10.2. The van der Waals surface area contributed by atoms with E-state index in [1.807, 2.05) is 0 Å². The molecular weight excluding hydrogens is 457 g/mol. The molecule has 1 heterocycles. The fourth-order valence-corrected chi connectivity index (χ4v) is 4.97. The van der Waals surface area contributed by atoms with E-state index < -0.39 is 15.8 Å². The number of nitrogens with one attached hydrogen (secondary N) is 1. The van der Waals surface area contributed by atoms with Crippen LogP contribution in [-0.2, 0) is 10.0 Å². The van der Waals surface area contributed by atoms with Gasteiger partial charge in [-0.15, -0.1) is 0 Å². The van der Waals surface area contributed by atoms with E-state index in [1.165, 1.54) is 24.3 Å². The topological polar surface area (TPSA) is 86.8 Å². The molecule has 170 valence electrons. The second kappa shape index (κ2) is 9.17. The predicted molar refractivity (Wildman–Crippen MR) is 118 cm³/mol. The lowest BCUT2D eigenvalue weighted by molar-refractivity contribution is 0.0535. The lowest BCUT2D eigenvalue weighted by atomic mass is 10.1. The van der Waals surface area contributed by atoms with Crippen molar-refractivity contribution in [1.29, 1.82) is 0 Å². The number of amides is 2. The Balaban J connectivity index is 1.39. The Labute approximate surface area is 191 Å². The monoisotopic (exact) mass is 479 g/mol. The van der Waals surface area contributed by atoms with Crippen LogP contribution in [0.2, 0.25) is 5.02 Å². The summed E-state index contributed by atoms with van der Waals surface area (Å²) in [5.74, 6) is -0.736. The minimum Gasteiger partial charge on any atom is -0.335 e. The maximum Gasteiger partial charge on any atom is 0.255 e. The molecule has 1 saturated carbocycles. The molecule has 2 aromatic carbocycles. The van der Waals surface area contributed by atoms with Crippen molar-refractivity contribution in [3.63, 3.8) is 0 Å². The van der Waals surface area contributed by atoms with Crippen LogP contribution in [0, 0.1) is 11.7 Å². The Kier molecular flexibility index (Phi) is 6.50. The summed E-state index contributed by atoms with van der Waals surface area (Å²) in [6.07, 6.45) is 2.06. The number of hydrogen-bond donors (Lipinski definition) is 1. The highest BCUT2D eigenvalue weighted by Crippen LogP contribution is 2.28. The van der Waals surface area contributed by atoms with E-state index in [1.54, 1.807) is 21.9 Å². The van der Waals surface area contributed by atoms with Gasteiger partial charge in [-0.3, -0.25) is 9.59 Å². The van der Waals surface area contributed by atoms with Crippen LogP contribution in [0.25, 0.3) is 0 Å². The van der Waals surface area contributed by atoms with Gasteiger partial charge in [-0.25, -0.2) is 17.5 Å². The van der Waals surface area contributed by atoms with Crippen LogP contribution in [-0.4, -0.2) is 62.8 Å². The first-order valence-electron chi connectivity index (χ1n) is 10.4. The minimum atomic E-state index is -3.67. The summed E-state index contributed by atoms with van der Waals surface area (Å²) in [5.41, 5.74) is 0.491. The van der Waals surface area contributed by atoms with E-state index >= 15 is 0 Å². The van der Waals surface area contributed by atoms with Crippen LogP contribution in [0.3, 0.4) is 0 Å². The molecule has 10 heteroatoms. The Morgan fingerprint density at radius 2 is 1.66 bits per heavy atom. The van der Waals surface area contributed by atoms with E-state index in [0.29, 0.717) is 38.6 Å². The molecule has 0 atom stereocenters. The van der Waals surface area contributed by atoms with Gasteiger partial charge in [0.1, 0.15) is 5.82 Å². The van der Waals surface area contributed by atoms with Crippen molar-refractivity contribution in [3.8, 4) is 0 Å². The van der Waals surface area contributed by atoms with E-state index in [4.69, 9.17) is 11.6 Å². The lowest BCUT2D eigenvalue weighted by Crippen LogP contribution is -2.50. The van der Waals surface area contributed by atoms with Gasteiger partial charge in [-0.2, -0.15) is 0 Å². The number of halogens is 2. The highest BCUT2D eigenvalue weighted by Gasteiger charge is 2.28. The standard InChI is InChI=1S/C22H23ClFN3O4S/c23-20-13-17(24)6-7-19(20)22(29)27-10-8-26(9-11-27)21(28)16-2-1-3-18(12-16)32(30,31)25-14-15-4-5-15/h1-3,6-7,12-13,15,25H,4-5,8-11,14H2. The second-order valence-electron chi connectivity index (χ2n) is 8.03. The van der Waals surface area contributed by atoms with Gasteiger partial charge in [0.15, 0.2) is 0 Å². The number of rotatable bonds is 6. The number of carbonyl (C=O) groups excluding carboxylic acids is 2. The Hall–Kier alpha value is -2.49. The highest BCUT2D eigenvalue weighted by molar-refractivity contribution is 7.89. The van der Waals surface area contributed by atoms with Crippen LogP contribution < -0.4 is 4.72 Å². The van der Waals surface area contributed by atoms with Crippen molar-refractivity contribution >= 4 is 33.4 Å². The first-order valence-corrected chi connectivity index (χ1v) is 12.2. The summed E-state index contributed by atoms with van der Waals surface area (Å²) in [6, 6.07) is 9.60.